The molecule has 3 heteroatoms. The number of hydrogen-bond donors (Lipinski definition) is 0. The Labute approximate surface area is 163 Å². The average molecular weight is 408 g/mol. The molecule has 0 nitrogen and oxygen atoms in total. The van der Waals surface area contributed by atoms with Crippen LogP contribution >= 0.6 is 24.8 Å². The summed E-state index contributed by atoms with van der Waals surface area (Å²) in [5.41, 5.74) is 8.92. The molecule has 0 aromatic heterocycles. The number of benzene rings is 2. The van der Waals surface area contributed by atoms with Gasteiger partial charge in [0.15, 0.2) is 0 Å². The Hall–Kier alpha value is -0.617. The van der Waals surface area contributed by atoms with E-state index < -0.39 is 0 Å². The van der Waals surface area contributed by atoms with Crippen LogP contribution in [-0.2, 0) is 39.0 Å². The topological polar surface area (TPSA) is 0 Å². The van der Waals surface area contributed by atoms with E-state index in [0.29, 0.717) is 0 Å². The second-order valence-electron chi connectivity index (χ2n) is 5.41. The Morgan fingerprint density at radius 1 is 0.864 bits per heavy atom. The molecule has 0 atom stereocenters. The van der Waals surface area contributed by atoms with Crippen LogP contribution in [0, 0.1) is 0 Å². The van der Waals surface area contributed by atoms with Crippen LogP contribution in [0.15, 0.2) is 66.3 Å². The van der Waals surface area contributed by atoms with Crippen molar-refractivity contribution < 1.29 is 26.2 Å². The molecule has 22 heavy (non-hydrogen) atoms. The molecule has 4 rings (SSSR count). The molecular formula is C19H18Cl2Zr. The third-order valence-corrected chi connectivity index (χ3v) is 4.21. The zero-order chi connectivity index (χ0) is 12.7. The number of allylic oxidation sites excluding steroid dienone is 4. The molecule has 0 bridgehead atoms. The number of rotatable bonds is 2. The van der Waals surface area contributed by atoms with Gasteiger partial charge in [-0.1, -0.05) is 66.3 Å². The van der Waals surface area contributed by atoms with E-state index in [4.69, 9.17) is 0 Å². The third-order valence-electron chi connectivity index (χ3n) is 4.21. The van der Waals surface area contributed by atoms with Crippen LogP contribution in [0.2, 0.25) is 0 Å². The van der Waals surface area contributed by atoms with Crippen LogP contribution in [0.1, 0.15) is 23.1 Å². The Kier molecular flexibility index (Phi) is 7.33. The fourth-order valence-electron chi connectivity index (χ4n) is 3.26. The minimum atomic E-state index is 0. The van der Waals surface area contributed by atoms with Crippen molar-refractivity contribution in [1.29, 1.82) is 0 Å². The molecule has 0 aliphatic heterocycles. The Morgan fingerprint density at radius 2 is 1.64 bits per heavy atom. The van der Waals surface area contributed by atoms with Crippen molar-refractivity contribution in [2.45, 2.75) is 19.3 Å². The standard InChI is InChI=1S/C19H16.2ClH.Zr/c1-2-7-14(6-1)12-15-9-5-11-18-17-10-4-3-8-16(17)13-19(15)18;;;/h1-6,8-11H,7,12-13H2;2*1H;. The summed E-state index contributed by atoms with van der Waals surface area (Å²) in [4.78, 5) is 0. The second kappa shape index (κ2) is 8.30. The summed E-state index contributed by atoms with van der Waals surface area (Å²) >= 11 is 0. The molecular weight excluding hydrogens is 390 g/mol. The van der Waals surface area contributed by atoms with Gasteiger partial charge in [-0.2, -0.15) is 0 Å². The van der Waals surface area contributed by atoms with Gasteiger partial charge in [-0.25, -0.2) is 0 Å². The van der Waals surface area contributed by atoms with Crippen molar-refractivity contribution in [1.82, 2.24) is 0 Å². The van der Waals surface area contributed by atoms with E-state index in [-0.39, 0.29) is 51.0 Å². The first-order valence-electron chi connectivity index (χ1n) is 6.95. The SMILES string of the molecule is C1=CCC(Cc2cccc3c2Cc2ccccc2-3)=C1.Cl.Cl.[Zr]. The molecule has 0 saturated heterocycles. The molecule has 2 aliphatic rings. The summed E-state index contributed by atoms with van der Waals surface area (Å²) in [5, 5.41) is 0. The van der Waals surface area contributed by atoms with Crippen molar-refractivity contribution in [2.24, 2.45) is 0 Å². The predicted molar refractivity (Wildman–Crippen MR) is 94.7 cm³/mol. The van der Waals surface area contributed by atoms with E-state index in [9.17, 15) is 0 Å². The van der Waals surface area contributed by atoms with E-state index >= 15 is 0 Å². The van der Waals surface area contributed by atoms with E-state index in [1.165, 1.54) is 33.4 Å². The van der Waals surface area contributed by atoms with E-state index in [2.05, 4.69) is 60.7 Å². The second-order valence-corrected chi connectivity index (χ2v) is 5.41. The maximum Gasteiger partial charge on any atom is 0 e. The van der Waals surface area contributed by atoms with Gasteiger partial charge in [0, 0.05) is 26.2 Å². The number of halogens is 2. The zero-order valence-corrected chi connectivity index (χ0v) is 16.3. The van der Waals surface area contributed by atoms with Crippen molar-refractivity contribution in [3.63, 3.8) is 0 Å². The molecule has 112 valence electrons. The summed E-state index contributed by atoms with van der Waals surface area (Å²) in [6.07, 6.45) is 10.0. The van der Waals surface area contributed by atoms with Gasteiger partial charge in [0.05, 0.1) is 0 Å². The normalized spacial score (nSPS) is 13.2. The van der Waals surface area contributed by atoms with Gasteiger partial charge in [-0.3, -0.25) is 0 Å². The Morgan fingerprint density at radius 3 is 2.41 bits per heavy atom. The maximum atomic E-state index is 2.30. The molecule has 0 fully saturated rings. The number of hydrogen-bond acceptors (Lipinski definition) is 0. The smallest absolute Gasteiger partial charge is 0 e. The minimum Gasteiger partial charge on any atom is -0.147 e. The summed E-state index contributed by atoms with van der Waals surface area (Å²) in [6, 6.07) is 15.6. The van der Waals surface area contributed by atoms with Crippen LogP contribution in [0.5, 0.6) is 0 Å². The average Bonchev–Trinajstić information content (AvgIpc) is 3.06. The van der Waals surface area contributed by atoms with Crippen molar-refractivity contribution in [2.75, 3.05) is 0 Å². The van der Waals surface area contributed by atoms with Gasteiger partial charge in [0.2, 0.25) is 0 Å². The van der Waals surface area contributed by atoms with Gasteiger partial charge in [0.1, 0.15) is 0 Å². The molecule has 0 spiro atoms. The maximum absolute atomic E-state index is 2.30. The Balaban J connectivity index is 0.000000807. The number of fused-ring (bicyclic) bond motifs is 3. The summed E-state index contributed by atoms with van der Waals surface area (Å²) < 4.78 is 0. The predicted octanol–water partition coefficient (Wildman–Crippen LogP) is 5.53. The van der Waals surface area contributed by atoms with Crippen LogP contribution in [0.25, 0.3) is 11.1 Å². The molecule has 2 aromatic carbocycles. The van der Waals surface area contributed by atoms with E-state index in [1.807, 2.05) is 0 Å². The molecule has 0 amide bonds. The van der Waals surface area contributed by atoms with Crippen LogP contribution in [-0.4, -0.2) is 0 Å². The summed E-state index contributed by atoms with van der Waals surface area (Å²) in [6.45, 7) is 0. The van der Waals surface area contributed by atoms with Gasteiger partial charge in [-0.05, 0) is 47.1 Å². The third kappa shape index (κ3) is 3.48. The van der Waals surface area contributed by atoms with Gasteiger partial charge >= 0.3 is 0 Å². The van der Waals surface area contributed by atoms with Crippen molar-refractivity contribution in [3.8, 4) is 11.1 Å². The minimum absolute atomic E-state index is 0. The first-order chi connectivity index (χ1) is 9.42. The molecule has 0 saturated carbocycles. The molecule has 0 N–H and O–H groups in total. The molecule has 2 aromatic rings. The van der Waals surface area contributed by atoms with Crippen LogP contribution in [0.4, 0.5) is 0 Å². The monoisotopic (exact) mass is 406 g/mol. The van der Waals surface area contributed by atoms with Crippen LogP contribution in [0.3, 0.4) is 0 Å². The van der Waals surface area contributed by atoms with Gasteiger partial charge in [0.25, 0.3) is 0 Å². The fraction of sp³-hybridized carbons (Fsp3) is 0.158. The summed E-state index contributed by atoms with van der Waals surface area (Å²) in [5.74, 6) is 0. The molecule has 2 aliphatic carbocycles. The quantitative estimate of drug-likeness (QED) is 0.523. The molecule has 0 radical (unpaired) electrons. The molecule has 0 unspecified atom stereocenters. The van der Waals surface area contributed by atoms with Gasteiger partial charge in [-0.15, -0.1) is 24.8 Å². The fourth-order valence-corrected chi connectivity index (χ4v) is 3.26. The largest absolute Gasteiger partial charge is 0.147 e. The van der Waals surface area contributed by atoms with E-state index in [0.717, 1.165) is 19.3 Å². The first kappa shape index (κ1) is 19.4. The summed E-state index contributed by atoms with van der Waals surface area (Å²) in [7, 11) is 0. The zero-order valence-electron chi connectivity index (χ0n) is 12.2. The van der Waals surface area contributed by atoms with Crippen molar-refractivity contribution >= 4 is 24.8 Å². The first-order valence-corrected chi connectivity index (χ1v) is 6.95. The van der Waals surface area contributed by atoms with Crippen LogP contribution < -0.4 is 0 Å². The molecule has 0 heterocycles. The van der Waals surface area contributed by atoms with Crippen molar-refractivity contribution in [3.05, 3.63) is 83.0 Å². The Bertz CT molecular complexity index is 717. The van der Waals surface area contributed by atoms with E-state index in [1.54, 1.807) is 0 Å². The van der Waals surface area contributed by atoms with Gasteiger partial charge < -0.3 is 0 Å².